The molecule has 0 bridgehead atoms. The van der Waals surface area contributed by atoms with Crippen molar-refractivity contribution < 1.29 is 23.8 Å². The van der Waals surface area contributed by atoms with E-state index in [9.17, 15) is 9.59 Å². The van der Waals surface area contributed by atoms with Gasteiger partial charge in [0.2, 0.25) is 0 Å². The lowest BCUT2D eigenvalue weighted by molar-refractivity contribution is -0.131. The number of benzene rings is 3. The van der Waals surface area contributed by atoms with Gasteiger partial charge in [-0.15, -0.1) is 11.3 Å². The van der Waals surface area contributed by atoms with Crippen molar-refractivity contribution in [2.75, 3.05) is 14.2 Å². The molecule has 156 valence electrons. The smallest absolute Gasteiger partial charge is 0.308 e. The molecular formula is C25H20O5S. The van der Waals surface area contributed by atoms with Gasteiger partial charge in [-0.2, -0.15) is 0 Å². The molecule has 1 aromatic heterocycles. The molecule has 4 rings (SSSR count). The molecule has 0 amide bonds. The second kappa shape index (κ2) is 8.62. The predicted molar refractivity (Wildman–Crippen MR) is 122 cm³/mol. The van der Waals surface area contributed by atoms with Gasteiger partial charge < -0.3 is 14.2 Å². The van der Waals surface area contributed by atoms with Gasteiger partial charge in [-0.1, -0.05) is 0 Å². The van der Waals surface area contributed by atoms with Crippen LogP contribution in [0.5, 0.6) is 17.2 Å². The summed E-state index contributed by atoms with van der Waals surface area (Å²) in [6, 6.07) is 19.9. The first kappa shape index (κ1) is 20.6. The maximum Gasteiger partial charge on any atom is 0.308 e. The number of carbonyl (C=O) groups is 2. The number of carbonyl (C=O) groups excluding carboxylic acids is 2. The normalized spacial score (nSPS) is 10.7. The van der Waals surface area contributed by atoms with Crippen molar-refractivity contribution in [1.29, 1.82) is 0 Å². The van der Waals surface area contributed by atoms with E-state index < -0.39 is 5.97 Å². The summed E-state index contributed by atoms with van der Waals surface area (Å²) in [5.41, 5.74) is 2.08. The molecule has 0 saturated carbocycles. The molecule has 5 nitrogen and oxygen atoms in total. The highest BCUT2D eigenvalue weighted by Crippen LogP contribution is 2.41. The predicted octanol–water partition coefficient (Wildman–Crippen LogP) is 5.74. The van der Waals surface area contributed by atoms with Crippen molar-refractivity contribution >= 4 is 33.2 Å². The van der Waals surface area contributed by atoms with Crippen molar-refractivity contribution in [2.45, 2.75) is 6.92 Å². The molecule has 0 saturated heterocycles. The minimum atomic E-state index is -0.404. The Morgan fingerprint density at radius 2 is 1.39 bits per heavy atom. The summed E-state index contributed by atoms with van der Waals surface area (Å²) in [5.74, 6) is 1.38. The zero-order valence-corrected chi connectivity index (χ0v) is 18.1. The van der Waals surface area contributed by atoms with Gasteiger partial charge in [0.1, 0.15) is 17.2 Å². The number of ketones is 1. The SMILES string of the molecule is COc1ccc(-c2sc3cc(OC)ccc3c2C(=O)c2ccc(OC(C)=O)cc2)cc1. The molecule has 0 aliphatic heterocycles. The molecule has 0 unspecified atom stereocenters. The highest BCUT2D eigenvalue weighted by atomic mass is 32.1. The van der Waals surface area contributed by atoms with Crippen LogP contribution in [0.1, 0.15) is 22.8 Å². The van der Waals surface area contributed by atoms with Gasteiger partial charge in [0.15, 0.2) is 5.78 Å². The Balaban J connectivity index is 1.84. The molecule has 1 heterocycles. The van der Waals surface area contributed by atoms with Crippen LogP contribution in [-0.2, 0) is 4.79 Å². The van der Waals surface area contributed by atoms with Gasteiger partial charge in [0, 0.05) is 33.0 Å². The molecule has 0 fully saturated rings. The van der Waals surface area contributed by atoms with E-state index in [0.717, 1.165) is 32.0 Å². The van der Waals surface area contributed by atoms with Crippen LogP contribution in [0.25, 0.3) is 20.5 Å². The fourth-order valence-electron chi connectivity index (χ4n) is 3.36. The number of hydrogen-bond donors (Lipinski definition) is 0. The summed E-state index contributed by atoms with van der Waals surface area (Å²) in [7, 11) is 3.24. The first-order chi connectivity index (χ1) is 15.0. The second-order valence-corrected chi connectivity index (χ2v) is 7.90. The van der Waals surface area contributed by atoms with Crippen LogP contribution in [0.2, 0.25) is 0 Å². The highest BCUT2D eigenvalue weighted by Gasteiger charge is 2.22. The van der Waals surface area contributed by atoms with E-state index in [0.29, 0.717) is 16.9 Å². The molecule has 4 aromatic rings. The highest BCUT2D eigenvalue weighted by molar-refractivity contribution is 7.22. The van der Waals surface area contributed by atoms with E-state index in [-0.39, 0.29) is 5.78 Å². The minimum absolute atomic E-state index is 0.100. The van der Waals surface area contributed by atoms with Crippen molar-refractivity contribution in [1.82, 2.24) is 0 Å². The van der Waals surface area contributed by atoms with Crippen LogP contribution in [-0.4, -0.2) is 26.0 Å². The molecule has 31 heavy (non-hydrogen) atoms. The van der Waals surface area contributed by atoms with Crippen LogP contribution >= 0.6 is 11.3 Å². The molecule has 0 aliphatic rings. The average Bonchev–Trinajstić information content (AvgIpc) is 3.17. The van der Waals surface area contributed by atoms with Gasteiger partial charge in [0.25, 0.3) is 0 Å². The molecular weight excluding hydrogens is 412 g/mol. The standard InChI is InChI=1S/C25H20O5S/c1-15(26)30-19-10-4-16(5-11-19)24(27)23-21-13-12-20(29-3)14-22(21)31-25(23)17-6-8-18(28-2)9-7-17/h4-14H,1-3H3. The van der Waals surface area contributed by atoms with E-state index in [1.54, 1.807) is 49.8 Å². The Morgan fingerprint density at radius 3 is 2.00 bits per heavy atom. The monoisotopic (exact) mass is 432 g/mol. The van der Waals surface area contributed by atoms with Crippen molar-refractivity contribution in [3.05, 3.63) is 77.9 Å². The summed E-state index contributed by atoms with van der Waals surface area (Å²) in [4.78, 5) is 25.6. The van der Waals surface area contributed by atoms with E-state index in [4.69, 9.17) is 14.2 Å². The van der Waals surface area contributed by atoms with E-state index in [1.165, 1.54) is 6.92 Å². The zero-order valence-electron chi connectivity index (χ0n) is 17.3. The van der Waals surface area contributed by atoms with Gasteiger partial charge >= 0.3 is 5.97 Å². The Morgan fingerprint density at radius 1 is 0.774 bits per heavy atom. The first-order valence-electron chi connectivity index (χ1n) is 9.58. The largest absolute Gasteiger partial charge is 0.497 e. The molecule has 0 radical (unpaired) electrons. The Kier molecular flexibility index (Phi) is 5.73. The van der Waals surface area contributed by atoms with Crippen LogP contribution in [0.15, 0.2) is 66.7 Å². The number of rotatable bonds is 6. The number of thiophene rings is 1. The first-order valence-corrected chi connectivity index (χ1v) is 10.4. The fourth-order valence-corrected chi connectivity index (χ4v) is 4.59. The second-order valence-electron chi connectivity index (χ2n) is 6.84. The van der Waals surface area contributed by atoms with Crippen LogP contribution < -0.4 is 14.2 Å². The number of esters is 1. The van der Waals surface area contributed by atoms with Crippen molar-refractivity contribution in [2.24, 2.45) is 0 Å². The van der Waals surface area contributed by atoms with Crippen molar-refractivity contribution in [3.63, 3.8) is 0 Å². The third-order valence-corrected chi connectivity index (χ3v) is 6.06. The molecule has 3 aromatic carbocycles. The summed E-state index contributed by atoms with van der Waals surface area (Å²) < 4.78 is 16.7. The maximum atomic E-state index is 13.6. The van der Waals surface area contributed by atoms with Gasteiger partial charge in [-0.25, -0.2) is 0 Å². The van der Waals surface area contributed by atoms with Crippen LogP contribution in [0.3, 0.4) is 0 Å². The quantitative estimate of drug-likeness (QED) is 0.221. The number of fused-ring (bicyclic) bond motifs is 1. The Bertz CT molecular complexity index is 1250. The molecule has 0 spiro atoms. The van der Waals surface area contributed by atoms with Crippen molar-refractivity contribution in [3.8, 4) is 27.7 Å². The number of ether oxygens (including phenoxy) is 3. The van der Waals surface area contributed by atoms with Gasteiger partial charge in [-0.3, -0.25) is 9.59 Å². The average molecular weight is 432 g/mol. The molecule has 6 heteroatoms. The van der Waals surface area contributed by atoms with Gasteiger partial charge in [-0.05, 0) is 72.3 Å². The lowest BCUT2D eigenvalue weighted by Crippen LogP contribution is -2.04. The zero-order chi connectivity index (χ0) is 22.0. The van der Waals surface area contributed by atoms with Crippen LogP contribution in [0, 0.1) is 0 Å². The lowest BCUT2D eigenvalue weighted by Gasteiger charge is -2.07. The van der Waals surface area contributed by atoms with Crippen LogP contribution in [0.4, 0.5) is 0 Å². The summed E-state index contributed by atoms with van der Waals surface area (Å²) in [6.07, 6.45) is 0. The molecule has 0 N–H and O–H groups in total. The summed E-state index contributed by atoms with van der Waals surface area (Å²) in [6.45, 7) is 1.34. The summed E-state index contributed by atoms with van der Waals surface area (Å²) in [5, 5.41) is 0.866. The molecule has 0 atom stereocenters. The van der Waals surface area contributed by atoms with E-state index in [2.05, 4.69) is 0 Å². The minimum Gasteiger partial charge on any atom is -0.497 e. The topological polar surface area (TPSA) is 61.8 Å². The maximum absolute atomic E-state index is 13.6. The lowest BCUT2D eigenvalue weighted by atomic mass is 9.97. The Hall–Kier alpha value is -3.64. The Labute approximate surface area is 183 Å². The third kappa shape index (κ3) is 4.15. The third-order valence-electron chi connectivity index (χ3n) is 4.85. The summed E-state index contributed by atoms with van der Waals surface area (Å²) >= 11 is 1.54. The molecule has 0 aliphatic carbocycles. The van der Waals surface area contributed by atoms with E-state index >= 15 is 0 Å². The van der Waals surface area contributed by atoms with E-state index in [1.807, 2.05) is 42.5 Å². The fraction of sp³-hybridized carbons (Fsp3) is 0.120. The number of methoxy groups -OCH3 is 2. The number of hydrogen-bond acceptors (Lipinski definition) is 6. The van der Waals surface area contributed by atoms with Gasteiger partial charge in [0.05, 0.1) is 14.2 Å².